The molecule has 0 spiro atoms. The van der Waals surface area contributed by atoms with Gasteiger partial charge in [-0.05, 0) is 37.7 Å². The molecule has 0 heterocycles. The lowest BCUT2D eigenvalue weighted by Crippen LogP contribution is -2.34. The Balaban J connectivity index is 2.28. The van der Waals surface area contributed by atoms with Gasteiger partial charge < -0.3 is 10.6 Å². The van der Waals surface area contributed by atoms with E-state index >= 15 is 0 Å². The van der Waals surface area contributed by atoms with Gasteiger partial charge >= 0.3 is 0 Å². The van der Waals surface area contributed by atoms with Crippen molar-refractivity contribution in [3.8, 4) is 11.1 Å². The van der Waals surface area contributed by atoms with Crippen molar-refractivity contribution >= 4 is 0 Å². The van der Waals surface area contributed by atoms with Crippen LogP contribution in [-0.2, 0) is 0 Å². The number of nitrogens with zero attached hydrogens (tertiary/aromatic N) is 1. The molecule has 19 heavy (non-hydrogen) atoms. The molecule has 0 aliphatic heterocycles. The second-order valence-electron chi connectivity index (χ2n) is 5.26. The zero-order chi connectivity index (χ0) is 13.8. The van der Waals surface area contributed by atoms with Gasteiger partial charge in [-0.15, -0.1) is 0 Å². The summed E-state index contributed by atoms with van der Waals surface area (Å²) in [7, 11) is 4.14. The lowest BCUT2D eigenvalue weighted by atomic mass is 9.97. The summed E-state index contributed by atoms with van der Waals surface area (Å²) in [6.45, 7) is 2.05. The van der Waals surface area contributed by atoms with E-state index in [1.54, 1.807) is 0 Å². The van der Waals surface area contributed by atoms with Crippen LogP contribution in [0.15, 0.2) is 54.6 Å². The number of hydrogen-bond donors (Lipinski definition) is 1. The van der Waals surface area contributed by atoms with Gasteiger partial charge in [-0.3, -0.25) is 0 Å². The predicted octanol–water partition coefficient (Wildman–Crippen LogP) is 3.30. The smallest absolute Gasteiger partial charge is 0.0491 e. The van der Waals surface area contributed by atoms with Crippen LogP contribution in [0.3, 0.4) is 0 Å². The molecule has 2 aromatic carbocycles. The molecule has 2 atom stereocenters. The van der Waals surface area contributed by atoms with Crippen molar-refractivity contribution in [3.05, 3.63) is 60.2 Å². The summed E-state index contributed by atoms with van der Waals surface area (Å²) < 4.78 is 0. The first-order chi connectivity index (χ1) is 9.09. The van der Waals surface area contributed by atoms with E-state index < -0.39 is 0 Å². The van der Waals surface area contributed by atoms with E-state index in [0.29, 0.717) is 0 Å². The zero-order valence-electron chi connectivity index (χ0n) is 11.9. The van der Waals surface area contributed by atoms with Crippen molar-refractivity contribution in [2.75, 3.05) is 14.1 Å². The maximum atomic E-state index is 6.08. The Morgan fingerprint density at radius 1 is 0.842 bits per heavy atom. The van der Waals surface area contributed by atoms with Crippen LogP contribution in [-0.4, -0.2) is 25.0 Å². The highest BCUT2D eigenvalue weighted by molar-refractivity contribution is 5.63. The van der Waals surface area contributed by atoms with E-state index in [4.69, 9.17) is 5.73 Å². The summed E-state index contributed by atoms with van der Waals surface area (Å²) in [5, 5.41) is 0. The minimum absolute atomic E-state index is 0.109. The van der Waals surface area contributed by atoms with Gasteiger partial charge in [0.05, 0.1) is 0 Å². The molecule has 0 aromatic heterocycles. The van der Waals surface area contributed by atoms with Gasteiger partial charge in [0.1, 0.15) is 0 Å². The first kappa shape index (κ1) is 13.8. The van der Waals surface area contributed by atoms with Crippen molar-refractivity contribution in [2.24, 2.45) is 5.73 Å². The summed E-state index contributed by atoms with van der Waals surface area (Å²) in [5.41, 5.74) is 9.83. The van der Waals surface area contributed by atoms with Gasteiger partial charge in [0.15, 0.2) is 0 Å². The molecule has 0 saturated carbocycles. The molecule has 2 aromatic rings. The minimum Gasteiger partial charge on any atom is -0.326 e. The molecule has 2 N–H and O–H groups in total. The van der Waals surface area contributed by atoms with E-state index in [0.717, 1.165) is 0 Å². The van der Waals surface area contributed by atoms with Crippen LogP contribution in [0, 0.1) is 0 Å². The molecule has 2 nitrogen and oxygen atoms in total. The second kappa shape index (κ2) is 6.00. The molecule has 0 fully saturated rings. The highest BCUT2D eigenvalue weighted by Crippen LogP contribution is 2.25. The Kier molecular flexibility index (Phi) is 4.35. The largest absolute Gasteiger partial charge is 0.326 e. The molecule has 0 aliphatic carbocycles. The summed E-state index contributed by atoms with van der Waals surface area (Å²) in [5.74, 6) is 0. The van der Waals surface area contributed by atoms with Crippen LogP contribution in [0.2, 0.25) is 0 Å². The van der Waals surface area contributed by atoms with Gasteiger partial charge in [0.2, 0.25) is 0 Å². The molecule has 2 heteroatoms. The van der Waals surface area contributed by atoms with E-state index in [1.165, 1.54) is 16.7 Å². The fraction of sp³-hybridized carbons (Fsp3) is 0.294. The summed E-state index contributed by atoms with van der Waals surface area (Å²) >= 11 is 0. The molecule has 0 saturated heterocycles. The van der Waals surface area contributed by atoms with Crippen LogP contribution in [0.25, 0.3) is 11.1 Å². The molecule has 2 unspecified atom stereocenters. The zero-order valence-corrected chi connectivity index (χ0v) is 11.9. The maximum absolute atomic E-state index is 6.08. The van der Waals surface area contributed by atoms with E-state index in [1.807, 2.05) is 6.07 Å². The third kappa shape index (κ3) is 3.22. The normalized spacial score (nSPS) is 14.4. The Labute approximate surface area is 115 Å². The van der Waals surface area contributed by atoms with Crippen molar-refractivity contribution in [1.29, 1.82) is 0 Å². The molecule has 2 rings (SSSR count). The Bertz CT molecular complexity index is 493. The average molecular weight is 254 g/mol. The molecule has 0 bridgehead atoms. The quantitative estimate of drug-likeness (QED) is 0.907. The summed E-state index contributed by atoms with van der Waals surface area (Å²) in [4.78, 5) is 2.17. The number of likely N-dealkylation sites (N-methyl/N-ethyl adjacent to an activating group) is 1. The summed E-state index contributed by atoms with van der Waals surface area (Å²) in [6.07, 6.45) is 0. The topological polar surface area (TPSA) is 29.3 Å². The predicted molar refractivity (Wildman–Crippen MR) is 82.0 cm³/mol. The first-order valence-electron chi connectivity index (χ1n) is 6.67. The van der Waals surface area contributed by atoms with Crippen LogP contribution in [0.1, 0.15) is 18.5 Å². The van der Waals surface area contributed by atoms with Gasteiger partial charge in [-0.2, -0.15) is 0 Å². The standard InChI is InChI=1S/C17H22N2/c1-13(18)17(19(2)3)16-11-9-15(10-12-16)14-7-5-4-6-8-14/h4-13,17H,18H2,1-3H3. The van der Waals surface area contributed by atoms with Crippen molar-refractivity contribution in [3.63, 3.8) is 0 Å². The molecule has 100 valence electrons. The van der Waals surface area contributed by atoms with Crippen molar-refractivity contribution in [2.45, 2.75) is 19.0 Å². The van der Waals surface area contributed by atoms with Crippen molar-refractivity contribution in [1.82, 2.24) is 4.90 Å². The first-order valence-corrected chi connectivity index (χ1v) is 6.67. The minimum atomic E-state index is 0.109. The monoisotopic (exact) mass is 254 g/mol. The SMILES string of the molecule is CC(N)C(c1ccc(-c2ccccc2)cc1)N(C)C. The third-order valence-electron chi connectivity index (χ3n) is 3.41. The number of nitrogens with two attached hydrogens (primary N) is 1. The highest BCUT2D eigenvalue weighted by Gasteiger charge is 2.18. The van der Waals surface area contributed by atoms with Crippen molar-refractivity contribution < 1.29 is 0 Å². The molecular formula is C17H22N2. The lowest BCUT2D eigenvalue weighted by Gasteiger charge is -2.28. The molecular weight excluding hydrogens is 232 g/mol. The van der Waals surface area contributed by atoms with Gasteiger partial charge in [-0.25, -0.2) is 0 Å². The molecule has 0 radical (unpaired) electrons. The summed E-state index contributed by atoms with van der Waals surface area (Å²) in [6, 6.07) is 19.5. The van der Waals surface area contributed by atoms with E-state index in [2.05, 4.69) is 74.4 Å². The van der Waals surface area contributed by atoms with E-state index in [9.17, 15) is 0 Å². The van der Waals surface area contributed by atoms with Crippen LogP contribution >= 0.6 is 0 Å². The maximum Gasteiger partial charge on any atom is 0.0491 e. The van der Waals surface area contributed by atoms with Crippen LogP contribution in [0.4, 0.5) is 0 Å². The molecule has 0 aliphatic rings. The Morgan fingerprint density at radius 3 is 1.84 bits per heavy atom. The van der Waals surface area contributed by atoms with E-state index in [-0.39, 0.29) is 12.1 Å². The number of hydrogen-bond acceptors (Lipinski definition) is 2. The fourth-order valence-corrected chi connectivity index (χ4v) is 2.58. The fourth-order valence-electron chi connectivity index (χ4n) is 2.58. The Hall–Kier alpha value is -1.64. The van der Waals surface area contributed by atoms with Gasteiger partial charge in [0.25, 0.3) is 0 Å². The highest BCUT2D eigenvalue weighted by atomic mass is 15.1. The lowest BCUT2D eigenvalue weighted by molar-refractivity contribution is 0.266. The van der Waals surface area contributed by atoms with Crippen LogP contribution in [0.5, 0.6) is 0 Å². The average Bonchev–Trinajstić information content (AvgIpc) is 2.40. The number of rotatable bonds is 4. The number of benzene rings is 2. The van der Waals surface area contributed by atoms with Gasteiger partial charge in [-0.1, -0.05) is 54.6 Å². The third-order valence-corrected chi connectivity index (χ3v) is 3.41. The molecule has 0 amide bonds. The second-order valence-corrected chi connectivity index (χ2v) is 5.26. The van der Waals surface area contributed by atoms with Gasteiger partial charge in [0, 0.05) is 12.1 Å². The van der Waals surface area contributed by atoms with Crippen LogP contribution < -0.4 is 5.73 Å². The Morgan fingerprint density at radius 2 is 1.37 bits per heavy atom.